The van der Waals surface area contributed by atoms with Gasteiger partial charge in [-0.2, -0.15) is 4.31 Å². The average molecular weight is 348 g/mol. The van der Waals surface area contributed by atoms with E-state index in [4.69, 9.17) is 4.42 Å². The van der Waals surface area contributed by atoms with E-state index >= 15 is 0 Å². The van der Waals surface area contributed by atoms with Gasteiger partial charge < -0.3 is 9.32 Å². The smallest absolute Gasteiger partial charge is 0.289 e. The van der Waals surface area contributed by atoms with Gasteiger partial charge in [0, 0.05) is 26.2 Å². The minimum Gasteiger partial charge on any atom is -0.456 e. The molecule has 0 atom stereocenters. The molecule has 0 radical (unpaired) electrons. The van der Waals surface area contributed by atoms with Crippen LogP contribution in [0, 0.1) is 13.8 Å². The molecule has 3 rings (SSSR count). The molecule has 1 saturated heterocycles. The van der Waals surface area contributed by atoms with Crippen LogP contribution < -0.4 is 0 Å². The number of piperazine rings is 1. The van der Waals surface area contributed by atoms with E-state index in [1.165, 1.54) is 4.31 Å². The zero-order valence-corrected chi connectivity index (χ0v) is 14.5. The Morgan fingerprint density at radius 3 is 2.12 bits per heavy atom. The Morgan fingerprint density at radius 2 is 1.58 bits per heavy atom. The quantitative estimate of drug-likeness (QED) is 0.851. The lowest BCUT2D eigenvalue weighted by Gasteiger charge is -2.33. The molecule has 1 amide bonds. The molecule has 1 aliphatic heterocycles. The van der Waals surface area contributed by atoms with Gasteiger partial charge in [0.2, 0.25) is 10.0 Å². The molecule has 0 spiro atoms. The first-order chi connectivity index (χ1) is 11.4. The Kier molecular flexibility index (Phi) is 4.47. The first kappa shape index (κ1) is 16.7. The molecule has 1 aliphatic rings. The van der Waals surface area contributed by atoms with Crippen LogP contribution in [0.25, 0.3) is 0 Å². The zero-order valence-electron chi connectivity index (χ0n) is 13.7. The van der Waals surface area contributed by atoms with Gasteiger partial charge in [0.15, 0.2) is 5.76 Å². The standard InChI is InChI=1S/C17H20N2O4S/c1-13-3-6-15(7-4-13)24(21,22)19-11-9-18(10-12-19)17(20)16-8-5-14(2)23-16/h3-8H,9-12H2,1-2H3. The number of rotatable bonds is 3. The van der Waals surface area contributed by atoms with E-state index in [9.17, 15) is 13.2 Å². The molecular weight excluding hydrogens is 328 g/mol. The van der Waals surface area contributed by atoms with Gasteiger partial charge in [0.25, 0.3) is 5.91 Å². The maximum absolute atomic E-state index is 12.7. The van der Waals surface area contributed by atoms with Gasteiger partial charge in [-0.15, -0.1) is 0 Å². The van der Waals surface area contributed by atoms with Crippen LogP contribution in [0.4, 0.5) is 0 Å². The van der Waals surface area contributed by atoms with Crippen molar-refractivity contribution in [1.82, 2.24) is 9.21 Å². The highest BCUT2D eigenvalue weighted by Gasteiger charge is 2.31. The van der Waals surface area contributed by atoms with Gasteiger partial charge in [0.05, 0.1) is 4.90 Å². The summed E-state index contributed by atoms with van der Waals surface area (Å²) in [5.41, 5.74) is 1.01. The molecule has 2 aromatic rings. The molecule has 0 saturated carbocycles. The Hall–Kier alpha value is -2.12. The molecule has 1 fully saturated rings. The fourth-order valence-corrected chi connectivity index (χ4v) is 4.12. The molecule has 1 aromatic heterocycles. The van der Waals surface area contributed by atoms with E-state index in [0.717, 1.165) is 5.56 Å². The summed E-state index contributed by atoms with van der Waals surface area (Å²) >= 11 is 0. The van der Waals surface area contributed by atoms with Crippen molar-refractivity contribution < 1.29 is 17.6 Å². The number of carbonyl (C=O) groups excluding carboxylic acids is 1. The van der Waals surface area contributed by atoms with E-state index in [1.54, 1.807) is 48.2 Å². The summed E-state index contributed by atoms with van der Waals surface area (Å²) in [6, 6.07) is 10.2. The Labute approximate surface area is 141 Å². The topological polar surface area (TPSA) is 70.8 Å². The number of amides is 1. The molecule has 0 unspecified atom stereocenters. The number of nitrogens with zero attached hydrogens (tertiary/aromatic N) is 2. The summed E-state index contributed by atoms with van der Waals surface area (Å²) in [4.78, 5) is 14.3. The minimum atomic E-state index is -3.52. The number of aryl methyl sites for hydroxylation is 2. The van der Waals surface area contributed by atoms with Gasteiger partial charge in [-0.05, 0) is 38.1 Å². The monoisotopic (exact) mass is 348 g/mol. The highest BCUT2D eigenvalue weighted by atomic mass is 32.2. The number of benzene rings is 1. The van der Waals surface area contributed by atoms with Gasteiger partial charge in [-0.25, -0.2) is 8.42 Å². The van der Waals surface area contributed by atoms with Crippen molar-refractivity contribution in [1.29, 1.82) is 0 Å². The van der Waals surface area contributed by atoms with Crippen molar-refractivity contribution >= 4 is 15.9 Å². The third-order valence-corrected chi connectivity index (χ3v) is 6.05. The second-order valence-electron chi connectivity index (χ2n) is 5.92. The van der Waals surface area contributed by atoms with E-state index in [1.807, 2.05) is 6.92 Å². The molecule has 0 bridgehead atoms. The fourth-order valence-electron chi connectivity index (χ4n) is 2.70. The number of hydrogen-bond acceptors (Lipinski definition) is 4. The van der Waals surface area contributed by atoms with Crippen molar-refractivity contribution in [2.45, 2.75) is 18.7 Å². The van der Waals surface area contributed by atoms with E-state index in [-0.39, 0.29) is 23.9 Å². The average Bonchev–Trinajstić information content (AvgIpc) is 3.01. The Bertz CT molecular complexity index is 832. The third-order valence-electron chi connectivity index (χ3n) is 4.14. The van der Waals surface area contributed by atoms with Crippen molar-refractivity contribution in [3.05, 3.63) is 53.5 Å². The van der Waals surface area contributed by atoms with Crippen LogP contribution in [0.3, 0.4) is 0 Å². The second kappa shape index (κ2) is 6.41. The minimum absolute atomic E-state index is 0.199. The van der Waals surface area contributed by atoms with E-state index in [2.05, 4.69) is 0 Å². The molecule has 7 heteroatoms. The zero-order chi connectivity index (χ0) is 17.3. The van der Waals surface area contributed by atoms with Crippen molar-refractivity contribution in [2.24, 2.45) is 0 Å². The highest BCUT2D eigenvalue weighted by Crippen LogP contribution is 2.19. The van der Waals surface area contributed by atoms with Crippen LogP contribution >= 0.6 is 0 Å². The predicted molar refractivity (Wildman–Crippen MR) is 89.3 cm³/mol. The molecule has 1 aromatic carbocycles. The van der Waals surface area contributed by atoms with Crippen LogP contribution in [0.1, 0.15) is 21.9 Å². The van der Waals surface area contributed by atoms with Gasteiger partial charge in [-0.3, -0.25) is 4.79 Å². The number of hydrogen-bond donors (Lipinski definition) is 0. The molecule has 24 heavy (non-hydrogen) atoms. The lowest BCUT2D eigenvalue weighted by Crippen LogP contribution is -2.50. The fraction of sp³-hybridized carbons (Fsp3) is 0.353. The Balaban J connectivity index is 1.68. The maximum atomic E-state index is 12.7. The van der Waals surface area contributed by atoms with Crippen molar-refractivity contribution in [2.75, 3.05) is 26.2 Å². The summed E-state index contributed by atoms with van der Waals surface area (Å²) in [7, 11) is -3.52. The normalized spacial score (nSPS) is 16.3. The summed E-state index contributed by atoms with van der Waals surface area (Å²) in [6.07, 6.45) is 0. The predicted octanol–water partition coefficient (Wildman–Crippen LogP) is 2.04. The summed E-state index contributed by atoms with van der Waals surface area (Å²) in [6.45, 7) is 4.95. The first-order valence-corrected chi connectivity index (χ1v) is 9.24. The summed E-state index contributed by atoms with van der Waals surface area (Å²) < 4.78 is 32.1. The van der Waals surface area contributed by atoms with Crippen LogP contribution in [0.15, 0.2) is 45.7 Å². The number of furan rings is 1. The summed E-state index contributed by atoms with van der Waals surface area (Å²) in [5.74, 6) is 0.775. The SMILES string of the molecule is Cc1ccc(S(=O)(=O)N2CCN(C(=O)c3ccc(C)o3)CC2)cc1. The molecule has 0 aliphatic carbocycles. The number of carbonyl (C=O) groups is 1. The molecule has 6 nitrogen and oxygen atoms in total. The van der Waals surface area contributed by atoms with Gasteiger partial charge in [-0.1, -0.05) is 17.7 Å². The van der Waals surface area contributed by atoms with Crippen molar-refractivity contribution in [3.8, 4) is 0 Å². The van der Waals surface area contributed by atoms with Crippen molar-refractivity contribution in [3.63, 3.8) is 0 Å². The first-order valence-electron chi connectivity index (χ1n) is 7.80. The molecule has 0 N–H and O–H groups in total. The van der Waals surface area contributed by atoms with Gasteiger partial charge >= 0.3 is 0 Å². The maximum Gasteiger partial charge on any atom is 0.289 e. The largest absolute Gasteiger partial charge is 0.456 e. The highest BCUT2D eigenvalue weighted by molar-refractivity contribution is 7.89. The Morgan fingerprint density at radius 1 is 0.958 bits per heavy atom. The van der Waals surface area contributed by atoms with Crippen LogP contribution in [0.5, 0.6) is 0 Å². The molecular formula is C17H20N2O4S. The van der Waals surface area contributed by atoms with Crippen LogP contribution in [-0.2, 0) is 10.0 Å². The van der Waals surface area contributed by atoms with Gasteiger partial charge in [0.1, 0.15) is 5.76 Å². The second-order valence-corrected chi connectivity index (χ2v) is 7.86. The van der Waals surface area contributed by atoms with E-state index < -0.39 is 10.0 Å². The van der Waals surface area contributed by atoms with E-state index in [0.29, 0.717) is 24.6 Å². The molecule has 2 heterocycles. The lowest BCUT2D eigenvalue weighted by molar-refractivity contribution is 0.0664. The number of sulfonamides is 1. The molecule has 128 valence electrons. The van der Waals surface area contributed by atoms with Crippen LogP contribution in [-0.4, -0.2) is 49.7 Å². The lowest BCUT2D eigenvalue weighted by atomic mass is 10.2. The summed E-state index contributed by atoms with van der Waals surface area (Å²) in [5, 5.41) is 0. The third kappa shape index (κ3) is 3.22. The van der Waals surface area contributed by atoms with Crippen LogP contribution in [0.2, 0.25) is 0 Å².